The van der Waals surface area contributed by atoms with Crippen molar-refractivity contribution in [1.29, 1.82) is 0 Å². The first-order valence-electron chi connectivity index (χ1n) is 11.7. The van der Waals surface area contributed by atoms with Crippen molar-refractivity contribution in [2.75, 3.05) is 19.6 Å². The molecule has 4 rings (SSSR count). The fourth-order valence-corrected chi connectivity index (χ4v) is 4.99. The van der Waals surface area contributed by atoms with Crippen LogP contribution in [0.25, 0.3) is 10.9 Å². The third kappa shape index (κ3) is 4.51. The van der Waals surface area contributed by atoms with Gasteiger partial charge in [-0.05, 0) is 72.7 Å². The highest BCUT2D eigenvalue weighted by atomic mass is 16.1. The molecule has 2 aliphatic rings. The van der Waals surface area contributed by atoms with Crippen molar-refractivity contribution in [2.45, 2.75) is 51.9 Å². The number of nitrogens with one attached hydrogen (secondary N) is 3. The number of allylic oxidation sites excluding steroid dienone is 2. The lowest BCUT2D eigenvalue weighted by molar-refractivity contribution is -0.120. The first-order valence-corrected chi connectivity index (χ1v) is 11.7. The van der Waals surface area contributed by atoms with Gasteiger partial charge in [-0.2, -0.15) is 0 Å². The first-order chi connectivity index (χ1) is 15.3. The van der Waals surface area contributed by atoms with Crippen LogP contribution in [0.15, 0.2) is 41.6 Å². The molecule has 1 aromatic carbocycles. The van der Waals surface area contributed by atoms with E-state index in [0.29, 0.717) is 30.4 Å². The van der Waals surface area contributed by atoms with Crippen LogP contribution >= 0.6 is 0 Å². The third-order valence-electron chi connectivity index (χ3n) is 6.88. The Morgan fingerprint density at radius 2 is 1.91 bits per heavy atom. The number of H-pyrrole nitrogens is 1. The molecule has 1 fully saturated rings. The lowest BCUT2D eigenvalue weighted by atomic mass is 9.87. The molecule has 32 heavy (non-hydrogen) atoms. The van der Waals surface area contributed by atoms with E-state index in [2.05, 4.69) is 47.7 Å². The molecule has 1 unspecified atom stereocenters. The predicted octanol–water partition coefficient (Wildman–Crippen LogP) is 3.40. The largest absolute Gasteiger partial charge is 0.386 e. The van der Waals surface area contributed by atoms with E-state index in [0.717, 1.165) is 29.9 Å². The molecule has 2 aromatic rings. The van der Waals surface area contributed by atoms with Gasteiger partial charge in [-0.1, -0.05) is 26.8 Å². The standard InChI is InChI=1S/C26H34N4O2/c1-15(2)25-21-11-18(17-6-8-28-9-7-17)4-5-22(21)30-23(25)12-24(31)16(3)19-10-20(26(27)32)14-29-13-19/h4-5,10-11,13,15-17,28-30H,6-9,12,14H2,1-3H3,(H2,27,32). The summed E-state index contributed by atoms with van der Waals surface area (Å²) in [6.45, 7) is 8.81. The zero-order valence-electron chi connectivity index (χ0n) is 19.3. The number of carbonyl (C=O) groups excluding carboxylic acids is 2. The van der Waals surface area contributed by atoms with Crippen LogP contribution in [0.1, 0.15) is 62.3 Å². The normalized spacial score (nSPS) is 18.2. The van der Waals surface area contributed by atoms with E-state index >= 15 is 0 Å². The summed E-state index contributed by atoms with van der Waals surface area (Å²) in [4.78, 5) is 28.3. The van der Waals surface area contributed by atoms with Gasteiger partial charge in [-0.15, -0.1) is 0 Å². The van der Waals surface area contributed by atoms with Crippen molar-refractivity contribution in [3.05, 3.63) is 58.4 Å². The van der Waals surface area contributed by atoms with Crippen molar-refractivity contribution in [3.8, 4) is 0 Å². The lowest BCUT2D eigenvalue weighted by Crippen LogP contribution is -2.28. The fraction of sp³-hybridized carbons (Fsp3) is 0.462. The second kappa shape index (κ2) is 9.33. The van der Waals surface area contributed by atoms with Gasteiger partial charge in [0.15, 0.2) is 0 Å². The molecule has 1 amide bonds. The Hall–Kier alpha value is -2.86. The van der Waals surface area contributed by atoms with Crippen LogP contribution in [0, 0.1) is 5.92 Å². The van der Waals surface area contributed by atoms with Gasteiger partial charge >= 0.3 is 0 Å². The first kappa shape index (κ1) is 22.3. The summed E-state index contributed by atoms with van der Waals surface area (Å²) in [5, 5.41) is 7.74. The number of ketones is 1. The van der Waals surface area contributed by atoms with Crippen LogP contribution in [0.3, 0.4) is 0 Å². The summed E-state index contributed by atoms with van der Waals surface area (Å²) in [5.74, 6) is 0.241. The van der Waals surface area contributed by atoms with Crippen LogP contribution < -0.4 is 16.4 Å². The molecule has 6 nitrogen and oxygen atoms in total. The Bertz CT molecular complexity index is 1090. The predicted molar refractivity (Wildman–Crippen MR) is 128 cm³/mol. The van der Waals surface area contributed by atoms with Gasteiger partial charge in [0.25, 0.3) is 0 Å². The summed E-state index contributed by atoms with van der Waals surface area (Å²) in [6, 6.07) is 6.75. The number of Topliss-reactive ketones (excluding diaryl/α,β-unsaturated/α-hetero) is 1. The average molecular weight is 435 g/mol. The van der Waals surface area contributed by atoms with E-state index in [-0.39, 0.29) is 11.7 Å². The molecule has 0 spiro atoms. The minimum Gasteiger partial charge on any atom is -0.386 e. The van der Waals surface area contributed by atoms with Gasteiger partial charge in [0, 0.05) is 47.3 Å². The maximum Gasteiger partial charge on any atom is 0.246 e. The Labute approximate surface area is 189 Å². The summed E-state index contributed by atoms with van der Waals surface area (Å²) in [5.41, 5.74) is 11.4. The molecule has 0 aliphatic carbocycles. The molecule has 170 valence electrons. The number of fused-ring (bicyclic) bond motifs is 1. The maximum atomic E-state index is 13.2. The van der Waals surface area contributed by atoms with E-state index in [1.165, 1.54) is 29.4 Å². The second-order valence-corrected chi connectivity index (χ2v) is 9.43. The van der Waals surface area contributed by atoms with Crippen LogP contribution in [-0.2, 0) is 16.0 Å². The number of dihydropyridines is 1. The number of amides is 1. The van der Waals surface area contributed by atoms with E-state index in [1.54, 1.807) is 6.08 Å². The molecule has 1 aromatic heterocycles. The van der Waals surface area contributed by atoms with Gasteiger partial charge in [0.2, 0.25) is 5.91 Å². The molecule has 5 N–H and O–H groups in total. The van der Waals surface area contributed by atoms with Crippen molar-refractivity contribution in [2.24, 2.45) is 11.7 Å². The van der Waals surface area contributed by atoms with Crippen molar-refractivity contribution < 1.29 is 9.59 Å². The molecule has 1 atom stereocenters. The molecule has 0 bridgehead atoms. The average Bonchev–Trinajstić information content (AvgIpc) is 3.16. The fourth-order valence-electron chi connectivity index (χ4n) is 4.99. The number of piperidine rings is 1. The molecule has 0 radical (unpaired) electrons. The summed E-state index contributed by atoms with van der Waals surface area (Å²) in [6.07, 6.45) is 6.23. The monoisotopic (exact) mass is 434 g/mol. The van der Waals surface area contributed by atoms with Crippen molar-refractivity contribution >= 4 is 22.6 Å². The summed E-state index contributed by atoms with van der Waals surface area (Å²) >= 11 is 0. The number of nitrogens with two attached hydrogens (primary N) is 1. The van der Waals surface area contributed by atoms with Crippen LogP contribution in [0.5, 0.6) is 0 Å². The van der Waals surface area contributed by atoms with Crippen LogP contribution in [0.2, 0.25) is 0 Å². The number of aromatic nitrogens is 1. The Morgan fingerprint density at radius 1 is 1.16 bits per heavy atom. The minimum absolute atomic E-state index is 0.118. The van der Waals surface area contributed by atoms with E-state index in [9.17, 15) is 9.59 Å². The van der Waals surface area contributed by atoms with E-state index in [4.69, 9.17) is 5.73 Å². The number of hydrogen-bond acceptors (Lipinski definition) is 4. The second-order valence-electron chi connectivity index (χ2n) is 9.43. The molecule has 2 aliphatic heterocycles. The van der Waals surface area contributed by atoms with Crippen molar-refractivity contribution in [1.82, 2.24) is 15.6 Å². The molecular formula is C26H34N4O2. The highest BCUT2D eigenvalue weighted by molar-refractivity contribution is 5.94. The number of primary amides is 1. The minimum atomic E-state index is -0.454. The zero-order chi connectivity index (χ0) is 22.8. The van der Waals surface area contributed by atoms with Gasteiger partial charge in [0.05, 0.1) is 0 Å². The number of benzene rings is 1. The van der Waals surface area contributed by atoms with Gasteiger partial charge in [0.1, 0.15) is 5.78 Å². The van der Waals surface area contributed by atoms with Gasteiger partial charge in [-0.25, -0.2) is 0 Å². The maximum absolute atomic E-state index is 13.2. The van der Waals surface area contributed by atoms with Gasteiger partial charge in [-0.3, -0.25) is 9.59 Å². The highest BCUT2D eigenvalue weighted by Gasteiger charge is 2.24. The van der Waals surface area contributed by atoms with Crippen molar-refractivity contribution in [3.63, 3.8) is 0 Å². The molecule has 0 saturated carbocycles. The smallest absolute Gasteiger partial charge is 0.246 e. The SMILES string of the molecule is CC(C(=O)Cc1[nH]c2ccc(C3CCNCC3)cc2c1C(C)C)C1=CNCC(C(N)=O)=C1. The van der Waals surface area contributed by atoms with Gasteiger partial charge < -0.3 is 21.4 Å². The van der Waals surface area contributed by atoms with E-state index < -0.39 is 5.91 Å². The Balaban J connectivity index is 1.61. The van der Waals surface area contributed by atoms with E-state index in [1.807, 2.05) is 13.1 Å². The molecule has 3 heterocycles. The molecule has 6 heteroatoms. The Kier molecular flexibility index (Phi) is 6.51. The number of carbonyl (C=O) groups is 2. The topological polar surface area (TPSA) is 100 Å². The zero-order valence-corrected chi connectivity index (χ0v) is 19.3. The number of rotatable bonds is 7. The summed E-state index contributed by atoms with van der Waals surface area (Å²) < 4.78 is 0. The summed E-state index contributed by atoms with van der Waals surface area (Å²) in [7, 11) is 0. The van der Waals surface area contributed by atoms with Crippen LogP contribution in [-0.4, -0.2) is 36.3 Å². The highest BCUT2D eigenvalue weighted by Crippen LogP contribution is 2.34. The Morgan fingerprint density at radius 3 is 2.59 bits per heavy atom. The van der Waals surface area contributed by atoms with Crippen LogP contribution in [0.4, 0.5) is 0 Å². The number of hydrogen-bond donors (Lipinski definition) is 4. The molecule has 1 saturated heterocycles. The lowest BCUT2D eigenvalue weighted by Gasteiger charge is -2.23. The number of aromatic amines is 1. The third-order valence-corrected chi connectivity index (χ3v) is 6.88. The quantitative estimate of drug-likeness (QED) is 0.537. The molecular weight excluding hydrogens is 400 g/mol.